The minimum absolute atomic E-state index is 0.0795. The molecule has 0 atom stereocenters. The Balaban J connectivity index is 2.09. The molecule has 0 saturated heterocycles. The molecule has 0 spiro atoms. The van der Waals surface area contributed by atoms with E-state index in [1.807, 2.05) is 0 Å². The fourth-order valence-electron chi connectivity index (χ4n) is 3.95. The number of carbonyl (C=O) groups is 1. The van der Waals surface area contributed by atoms with Crippen molar-refractivity contribution in [2.45, 2.75) is 26.4 Å². The molecule has 0 amide bonds. The first-order valence-electron chi connectivity index (χ1n) is 11.0. The number of nitro benzene ring substituents is 2. The van der Waals surface area contributed by atoms with Crippen molar-refractivity contribution in [3.05, 3.63) is 87.0 Å². The zero-order chi connectivity index (χ0) is 26.2. The summed E-state index contributed by atoms with van der Waals surface area (Å²) in [4.78, 5) is 34.9. The molecule has 4 rings (SSSR count). The molecule has 0 N–H and O–H groups in total. The fourth-order valence-corrected chi connectivity index (χ4v) is 3.95. The second-order valence-corrected chi connectivity index (χ2v) is 9.03. The number of nitro groups is 2. The number of rotatable bonds is 5. The summed E-state index contributed by atoms with van der Waals surface area (Å²) in [5, 5.41) is 23.1. The fraction of sp³-hybridized carbons (Fsp3) is 0.192. The van der Waals surface area contributed by atoms with Crippen molar-refractivity contribution in [1.29, 1.82) is 0 Å². The quantitative estimate of drug-likeness (QED) is 0.229. The highest BCUT2D eigenvalue weighted by atomic mass is 16.6. The lowest BCUT2D eigenvalue weighted by atomic mass is 9.98. The van der Waals surface area contributed by atoms with E-state index in [1.165, 1.54) is 35.9 Å². The maximum absolute atomic E-state index is 13.5. The van der Waals surface area contributed by atoms with Crippen molar-refractivity contribution in [2.75, 3.05) is 7.11 Å². The van der Waals surface area contributed by atoms with E-state index in [9.17, 15) is 25.0 Å². The van der Waals surface area contributed by atoms with Gasteiger partial charge in [0.05, 0.1) is 28.2 Å². The van der Waals surface area contributed by atoms with Gasteiger partial charge in [-0.15, -0.1) is 0 Å². The van der Waals surface area contributed by atoms with Gasteiger partial charge in [-0.2, -0.15) is 0 Å². The van der Waals surface area contributed by atoms with Crippen LogP contribution in [0, 0.1) is 20.2 Å². The number of benzene rings is 3. The lowest BCUT2D eigenvalue weighted by Gasteiger charge is -2.21. The molecule has 0 aliphatic rings. The van der Waals surface area contributed by atoms with Gasteiger partial charge in [-0.05, 0) is 74.4 Å². The number of carbonyl (C=O) groups excluding carboxylic acids is 1. The minimum Gasteiger partial charge on any atom is -0.497 e. The maximum Gasteiger partial charge on any atom is 0.419 e. The summed E-state index contributed by atoms with van der Waals surface area (Å²) >= 11 is 0. The van der Waals surface area contributed by atoms with Crippen molar-refractivity contribution in [3.63, 3.8) is 0 Å². The van der Waals surface area contributed by atoms with Crippen LogP contribution in [0.4, 0.5) is 16.2 Å². The first kappa shape index (κ1) is 24.4. The third-order valence-electron chi connectivity index (χ3n) is 5.47. The second kappa shape index (κ2) is 9.14. The van der Waals surface area contributed by atoms with E-state index in [-0.39, 0.29) is 11.4 Å². The summed E-state index contributed by atoms with van der Waals surface area (Å²) in [6, 6.07) is 17.0. The van der Waals surface area contributed by atoms with E-state index in [2.05, 4.69) is 0 Å². The number of aromatic nitrogens is 1. The Morgan fingerprint density at radius 3 is 1.83 bits per heavy atom. The van der Waals surface area contributed by atoms with Crippen molar-refractivity contribution >= 4 is 28.4 Å². The average molecular weight is 489 g/mol. The molecule has 1 heterocycles. The van der Waals surface area contributed by atoms with Gasteiger partial charge in [-0.3, -0.25) is 20.2 Å². The Kier molecular flexibility index (Phi) is 6.19. The number of non-ortho nitro benzene ring substituents is 2. The van der Waals surface area contributed by atoms with Gasteiger partial charge in [0, 0.05) is 35.2 Å². The van der Waals surface area contributed by atoms with Gasteiger partial charge < -0.3 is 9.47 Å². The molecule has 0 aliphatic heterocycles. The third kappa shape index (κ3) is 4.61. The Bertz CT molecular complexity index is 1480. The molecule has 0 unspecified atom stereocenters. The summed E-state index contributed by atoms with van der Waals surface area (Å²) < 4.78 is 12.5. The van der Waals surface area contributed by atoms with Crippen molar-refractivity contribution in [1.82, 2.24) is 4.57 Å². The van der Waals surface area contributed by atoms with Gasteiger partial charge in [0.15, 0.2) is 0 Å². The van der Waals surface area contributed by atoms with Gasteiger partial charge >= 0.3 is 6.09 Å². The van der Waals surface area contributed by atoms with Gasteiger partial charge in [0.25, 0.3) is 11.4 Å². The van der Waals surface area contributed by atoms with Crippen molar-refractivity contribution in [3.8, 4) is 28.1 Å². The molecule has 0 saturated carbocycles. The lowest BCUT2D eigenvalue weighted by Crippen LogP contribution is -2.27. The van der Waals surface area contributed by atoms with Crippen LogP contribution in [0.15, 0.2) is 66.7 Å². The van der Waals surface area contributed by atoms with Crippen LogP contribution >= 0.6 is 0 Å². The molecule has 0 fully saturated rings. The van der Waals surface area contributed by atoms with E-state index < -0.39 is 21.5 Å². The van der Waals surface area contributed by atoms with Crippen LogP contribution < -0.4 is 4.74 Å². The molecule has 1 aromatic heterocycles. The standard InChI is InChI=1S/C26H23N3O7/c1-26(2,3)36-25(30)27-22-14-13-20(35-4)15-21(22)23(16-5-9-18(10-6-16)28(31)32)24(27)17-7-11-19(12-8-17)29(33)34/h5-15H,1-4H3. The van der Waals surface area contributed by atoms with Crippen molar-refractivity contribution < 1.29 is 24.1 Å². The number of methoxy groups -OCH3 is 1. The van der Waals surface area contributed by atoms with E-state index in [4.69, 9.17) is 9.47 Å². The van der Waals surface area contributed by atoms with Crippen LogP contribution in [0.5, 0.6) is 5.75 Å². The largest absolute Gasteiger partial charge is 0.497 e. The van der Waals surface area contributed by atoms with Crippen LogP contribution in [0.2, 0.25) is 0 Å². The van der Waals surface area contributed by atoms with Crippen LogP contribution in [-0.2, 0) is 4.74 Å². The van der Waals surface area contributed by atoms with E-state index in [0.29, 0.717) is 39.0 Å². The molecule has 36 heavy (non-hydrogen) atoms. The molecule has 0 bridgehead atoms. The van der Waals surface area contributed by atoms with Crippen LogP contribution in [0.1, 0.15) is 20.8 Å². The van der Waals surface area contributed by atoms with E-state index in [1.54, 1.807) is 63.2 Å². The summed E-state index contributed by atoms with van der Waals surface area (Å²) in [7, 11) is 1.52. The Hall–Kier alpha value is -4.73. The Morgan fingerprint density at radius 1 is 0.833 bits per heavy atom. The first-order chi connectivity index (χ1) is 17.0. The third-order valence-corrected chi connectivity index (χ3v) is 5.47. The Labute approximate surface area is 206 Å². The number of hydrogen-bond donors (Lipinski definition) is 0. The second-order valence-electron chi connectivity index (χ2n) is 9.03. The smallest absolute Gasteiger partial charge is 0.419 e. The van der Waals surface area contributed by atoms with Gasteiger partial charge in [-0.1, -0.05) is 0 Å². The monoisotopic (exact) mass is 489 g/mol. The maximum atomic E-state index is 13.5. The molecular formula is C26H23N3O7. The molecule has 184 valence electrons. The lowest BCUT2D eigenvalue weighted by molar-refractivity contribution is -0.385. The number of hydrogen-bond acceptors (Lipinski definition) is 7. The van der Waals surface area contributed by atoms with Crippen LogP contribution in [-0.4, -0.2) is 33.2 Å². The average Bonchev–Trinajstić information content (AvgIpc) is 3.17. The zero-order valence-corrected chi connectivity index (χ0v) is 20.1. The molecule has 10 heteroatoms. The van der Waals surface area contributed by atoms with E-state index >= 15 is 0 Å². The topological polar surface area (TPSA) is 127 Å². The SMILES string of the molecule is COc1ccc2c(c1)c(-c1ccc([N+](=O)[O-])cc1)c(-c1ccc([N+](=O)[O-])cc1)n2C(=O)OC(C)(C)C. The summed E-state index contributed by atoms with van der Waals surface area (Å²) in [6.45, 7) is 5.26. The minimum atomic E-state index is -0.791. The van der Waals surface area contributed by atoms with Gasteiger partial charge in [0.2, 0.25) is 0 Å². The predicted octanol–water partition coefficient (Wildman–Crippen LogP) is 6.58. The van der Waals surface area contributed by atoms with Crippen molar-refractivity contribution in [2.24, 2.45) is 0 Å². The van der Waals surface area contributed by atoms with Crippen LogP contribution in [0.3, 0.4) is 0 Å². The molecule has 0 radical (unpaired) electrons. The van der Waals surface area contributed by atoms with Gasteiger partial charge in [-0.25, -0.2) is 9.36 Å². The number of ether oxygens (including phenoxy) is 2. The molecule has 3 aromatic carbocycles. The summed E-state index contributed by atoms with van der Waals surface area (Å²) in [6.07, 6.45) is -0.640. The summed E-state index contributed by atoms with van der Waals surface area (Å²) in [5.41, 5.74) is 1.70. The molecule has 4 aromatic rings. The molecule has 0 aliphatic carbocycles. The highest BCUT2D eigenvalue weighted by Gasteiger charge is 2.28. The highest BCUT2D eigenvalue weighted by Crippen LogP contribution is 2.43. The number of nitrogens with zero attached hydrogens (tertiary/aromatic N) is 3. The highest BCUT2D eigenvalue weighted by molar-refractivity contribution is 6.09. The zero-order valence-electron chi connectivity index (χ0n) is 20.1. The predicted molar refractivity (Wildman–Crippen MR) is 134 cm³/mol. The summed E-state index contributed by atoms with van der Waals surface area (Å²) in [5.74, 6) is 0.544. The normalized spacial score (nSPS) is 11.3. The van der Waals surface area contributed by atoms with Gasteiger partial charge in [0.1, 0.15) is 11.4 Å². The molecular weight excluding hydrogens is 466 g/mol. The first-order valence-corrected chi connectivity index (χ1v) is 11.0. The van der Waals surface area contributed by atoms with E-state index in [0.717, 1.165) is 0 Å². The Morgan fingerprint density at radius 2 is 1.36 bits per heavy atom. The number of fused-ring (bicyclic) bond motifs is 1. The molecule has 10 nitrogen and oxygen atoms in total. The van der Waals surface area contributed by atoms with Crippen LogP contribution in [0.25, 0.3) is 33.3 Å².